The van der Waals surface area contributed by atoms with Gasteiger partial charge in [0.2, 0.25) is 0 Å². The Labute approximate surface area is 117 Å². The van der Waals surface area contributed by atoms with Gasteiger partial charge in [-0.25, -0.2) is 9.18 Å². The van der Waals surface area contributed by atoms with Crippen molar-refractivity contribution < 1.29 is 14.3 Å². The second-order valence-electron chi connectivity index (χ2n) is 4.65. The maximum absolute atomic E-state index is 13.6. The maximum Gasteiger partial charge on any atom is 0.319 e. The summed E-state index contributed by atoms with van der Waals surface area (Å²) < 4.78 is 13.6. The van der Waals surface area contributed by atoms with E-state index in [-0.39, 0.29) is 17.3 Å². The number of anilines is 1. The molecule has 3 N–H and O–H groups in total. The van der Waals surface area contributed by atoms with Gasteiger partial charge in [0, 0.05) is 0 Å². The molecule has 6 heteroatoms. The SMILES string of the molecule is CCCC(C)(CO)NC(=O)Nc1cccc(Cl)c1F. The average Bonchev–Trinajstić information content (AvgIpc) is 2.35. The van der Waals surface area contributed by atoms with Crippen molar-refractivity contribution in [2.75, 3.05) is 11.9 Å². The van der Waals surface area contributed by atoms with Gasteiger partial charge in [-0.05, 0) is 25.5 Å². The van der Waals surface area contributed by atoms with Crippen molar-refractivity contribution in [3.63, 3.8) is 0 Å². The minimum Gasteiger partial charge on any atom is -0.394 e. The number of urea groups is 1. The van der Waals surface area contributed by atoms with Crippen molar-refractivity contribution in [1.82, 2.24) is 5.32 Å². The Morgan fingerprint density at radius 1 is 1.53 bits per heavy atom. The first-order chi connectivity index (χ1) is 8.91. The molecule has 106 valence electrons. The number of hydrogen-bond acceptors (Lipinski definition) is 2. The van der Waals surface area contributed by atoms with E-state index in [1.165, 1.54) is 18.2 Å². The molecule has 2 amide bonds. The summed E-state index contributed by atoms with van der Waals surface area (Å²) in [5.74, 6) is -0.680. The van der Waals surface area contributed by atoms with E-state index in [2.05, 4.69) is 10.6 Å². The lowest BCUT2D eigenvalue weighted by Crippen LogP contribution is -2.50. The number of carbonyl (C=O) groups is 1. The molecule has 1 aromatic carbocycles. The zero-order valence-electron chi connectivity index (χ0n) is 11.0. The molecule has 0 aliphatic rings. The van der Waals surface area contributed by atoms with Gasteiger partial charge in [-0.1, -0.05) is 31.0 Å². The summed E-state index contributed by atoms with van der Waals surface area (Å²) in [7, 11) is 0. The highest BCUT2D eigenvalue weighted by Crippen LogP contribution is 2.22. The molecular formula is C13H18ClFN2O2. The van der Waals surface area contributed by atoms with Crippen molar-refractivity contribution >= 4 is 23.3 Å². The predicted octanol–water partition coefficient (Wildman–Crippen LogP) is 3.15. The van der Waals surface area contributed by atoms with E-state index in [4.69, 9.17) is 11.6 Å². The Kier molecular flexibility index (Phi) is 5.57. The van der Waals surface area contributed by atoms with Crippen molar-refractivity contribution in [1.29, 1.82) is 0 Å². The number of hydrogen-bond donors (Lipinski definition) is 3. The van der Waals surface area contributed by atoms with Crippen LogP contribution in [-0.4, -0.2) is 23.3 Å². The third kappa shape index (κ3) is 4.36. The monoisotopic (exact) mass is 288 g/mol. The van der Waals surface area contributed by atoms with Crippen LogP contribution in [0.5, 0.6) is 0 Å². The lowest BCUT2D eigenvalue weighted by Gasteiger charge is -2.28. The minimum absolute atomic E-state index is 0.00166. The molecule has 1 atom stereocenters. The Morgan fingerprint density at radius 3 is 2.79 bits per heavy atom. The molecule has 0 saturated carbocycles. The number of benzene rings is 1. The number of halogens is 2. The molecule has 1 unspecified atom stereocenters. The zero-order valence-corrected chi connectivity index (χ0v) is 11.7. The summed E-state index contributed by atoms with van der Waals surface area (Å²) in [4.78, 5) is 11.8. The fourth-order valence-electron chi connectivity index (χ4n) is 1.76. The Morgan fingerprint density at radius 2 is 2.21 bits per heavy atom. The fourth-order valence-corrected chi connectivity index (χ4v) is 1.94. The first-order valence-corrected chi connectivity index (χ1v) is 6.43. The molecule has 0 aliphatic heterocycles. The lowest BCUT2D eigenvalue weighted by atomic mass is 9.98. The number of carbonyl (C=O) groups excluding carboxylic acids is 1. The standard InChI is InChI=1S/C13H18ClFN2O2/c1-3-7-13(2,8-18)17-12(19)16-10-6-4-5-9(14)11(10)15/h4-6,18H,3,7-8H2,1-2H3,(H2,16,17,19). The Bertz CT molecular complexity index is 456. The number of nitrogens with one attached hydrogen (secondary N) is 2. The fraction of sp³-hybridized carbons (Fsp3) is 0.462. The molecule has 1 rings (SSSR count). The van der Waals surface area contributed by atoms with Crippen LogP contribution in [0.1, 0.15) is 26.7 Å². The quantitative estimate of drug-likeness (QED) is 0.779. The third-order valence-electron chi connectivity index (χ3n) is 2.77. The number of rotatable bonds is 5. The largest absolute Gasteiger partial charge is 0.394 e. The van der Waals surface area contributed by atoms with E-state index in [1.807, 2.05) is 6.92 Å². The second-order valence-corrected chi connectivity index (χ2v) is 5.06. The van der Waals surface area contributed by atoms with Crippen LogP contribution in [0.4, 0.5) is 14.9 Å². The first-order valence-electron chi connectivity index (χ1n) is 6.06. The van der Waals surface area contributed by atoms with E-state index in [0.29, 0.717) is 6.42 Å². The zero-order chi connectivity index (χ0) is 14.5. The van der Waals surface area contributed by atoms with Crippen molar-refractivity contribution in [3.05, 3.63) is 29.0 Å². The molecule has 0 saturated heterocycles. The summed E-state index contributed by atoms with van der Waals surface area (Å²) in [5.41, 5.74) is -0.727. The van der Waals surface area contributed by atoms with Gasteiger partial charge in [-0.15, -0.1) is 0 Å². The first kappa shape index (κ1) is 15.7. The van der Waals surface area contributed by atoms with Gasteiger partial charge in [0.1, 0.15) is 0 Å². The van der Waals surface area contributed by atoms with Gasteiger partial charge in [-0.3, -0.25) is 0 Å². The Hall–Kier alpha value is -1.33. The number of aliphatic hydroxyl groups is 1. The van der Waals surface area contributed by atoms with Crippen LogP contribution in [0.2, 0.25) is 5.02 Å². The highest BCUT2D eigenvalue weighted by molar-refractivity contribution is 6.31. The van der Waals surface area contributed by atoms with Crippen LogP contribution in [0, 0.1) is 5.82 Å². The van der Waals surface area contributed by atoms with Crippen LogP contribution in [-0.2, 0) is 0 Å². The average molecular weight is 289 g/mol. The number of amides is 2. The summed E-state index contributed by atoms with van der Waals surface area (Å²) in [6.45, 7) is 3.49. The van der Waals surface area contributed by atoms with E-state index in [0.717, 1.165) is 6.42 Å². The molecule has 0 aromatic heterocycles. The van der Waals surface area contributed by atoms with Gasteiger partial charge < -0.3 is 15.7 Å². The molecule has 0 fully saturated rings. The molecule has 4 nitrogen and oxygen atoms in total. The molecular weight excluding hydrogens is 271 g/mol. The molecule has 19 heavy (non-hydrogen) atoms. The highest BCUT2D eigenvalue weighted by Gasteiger charge is 2.24. The minimum atomic E-state index is -0.728. The van der Waals surface area contributed by atoms with Gasteiger partial charge in [-0.2, -0.15) is 0 Å². The van der Waals surface area contributed by atoms with Crippen LogP contribution in [0.25, 0.3) is 0 Å². The lowest BCUT2D eigenvalue weighted by molar-refractivity contribution is 0.167. The van der Waals surface area contributed by atoms with Crippen molar-refractivity contribution in [3.8, 4) is 0 Å². The third-order valence-corrected chi connectivity index (χ3v) is 3.06. The predicted molar refractivity (Wildman–Crippen MR) is 74.0 cm³/mol. The summed E-state index contributed by atoms with van der Waals surface area (Å²) in [5, 5.41) is 14.2. The topological polar surface area (TPSA) is 61.4 Å². The van der Waals surface area contributed by atoms with Gasteiger partial charge in [0.15, 0.2) is 5.82 Å². The normalized spacial score (nSPS) is 13.7. The molecule has 1 aromatic rings. The van der Waals surface area contributed by atoms with Crippen LogP contribution >= 0.6 is 11.6 Å². The van der Waals surface area contributed by atoms with Gasteiger partial charge in [0.05, 0.1) is 22.9 Å². The van der Waals surface area contributed by atoms with Crippen LogP contribution < -0.4 is 10.6 Å². The molecule has 0 bridgehead atoms. The van der Waals surface area contributed by atoms with Crippen LogP contribution in [0.15, 0.2) is 18.2 Å². The summed E-state index contributed by atoms with van der Waals surface area (Å²) in [6, 6.07) is 3.77. The highest BCUT2D eigenvalue weighted by atomic mass is 35.5. The van der Waals surface area contributed by atoms with Gasteiger partial charge in [0.25, 0.3) is 0 Å². The van der Waals surface area contributed by atoms with E-state index in [9.17, 15) is 14.3 Å². The summed E-state index contributed by atoms with van der Waals surface area (Å²) >= 11 is 5.62. The van der Waals surface area contributed by atoms with E-state index >= 15 is 0 Å². The number of aliphatic hydroxyl groups excluding tert-OH is 1. The van der Waals surface area contributed by atoms with Crippen LogP contribution in [0.3, 0.4) is 0 Å². The molecule has 0 aliphatic carbocycles. The maximum atomic E-state index is 13.6. The Balaban J connectivity index is 2.72. The second kappa shape index (κ2) is 6.73. The van der Waals surface area contributed by atoms with E-state index < -0.39 is 17.4 Å². The molecule has 0 heterocycles. The molecule has 0 radical (unpaired) electrons. The van der Waals surface area contributed by atoms with Crippen molar-refractivity contribution in [2.45, 2.75) is 32.2 Å². The smallest absolute Gasteiger partial charge is 0.319 e. The van der Waals surface area contributed by atoms with Gasteiger partial charge >= 0.3 is 6.03 Å². The summed E-state index contributed by atoms with van der Waals surface area (Å²) in [6.07, 6.45) is 1.43. The molecule has 0 spiro atoms. The van der Waals surface area contributed by atoms with E-state index in [1.54, 1.807) is 6.92 Å². The van der Waals surface area contributed by atoms with Crippen molar-refractivity contribution in [2.24, 2.45) is 0 Å².